The molecule has 1 aromatic rings. The number of rotatable bonds is 3. The van der Waals surface area contributed by atoms with Gasteiger partial charge in [0.15, 0.2) is 0 Å². The van der Waals surface area contributed by atoms with Crippen LogP contribution in [0.4, 0.5) is 0 Å². The highest BCUT2D eigenvalue weighted by atomic mass is 32.2. The number of benzene rings is 1. The highest BCUT2D eigenvalue weighted by Crippen LogP contribution is 2.39. The topological polar surface area (TPSA) is 86.7 Å². The molecule has 1 aliphatic heterocycles. The van der Waals surface area contributed by atoms with Gasteiger partial charge in [0.05, 0.1) is 4.90 Å². The molecule has 0 bridgehead atoms. The Morgan fingerprint density at radius 3 is 2.33 bits per heavy atom. The third-order valence-electron chi connectivity index (χ3n) is 4.26. The zero-order valence-electron chi connectivity index (χ0n) is 14.6. The van der Waals surface area contributed by atoms with Crippen LogP contribution in [0, 0.1) is 20.8 Å². The smallest absolute Gasteiger partial charge is 0.263 e. The summed E-state index contributed by atoms with van der Waals surface area (Å²) in [5.41, 5.74) is 3.93. The van der Waals surface area contributed by atoms with E-state index in [9.17, 15) is 13.2 Å². The van der Waals surface area contributed by atoms with E-state index in [1.165, 1.54) is 16.1 Å². The van der Waals surface area contributed by atoms with Gasteiger partial charge in [-0.2, -0.15) is 16.1 Å². The summed E-state index contributed by atoms with van der Waals surface area (Å²) in [4.78, 5) is 12.5. The number of nitrogens with one attached hydrogen (secondary N) is 1. The summed E-state index contributed by atoms with van der Waals surface area (Å²) >= 11 is 1.52. The average molecular weight is 373 g/mol. The largest absolute Gasteiger partial charge is 0.289 e. The normalized spacial score (nSPS) is 21.5. The summed E-state index contributed by atoms with van der Waals surface area (Å²) in [5, 5.41) is 9.09. The van der Waals surface area contributed by atoms with Crippen molar-refractivity contribution in [1.82, 2.24) is 9.79 Å². The Hall–Kier alpha value is -1.09. The number of thioether (sulfide) groups is 1. The van der Waals surface area contributed by atoms with Crippen molar-refractivity contribution >= 4 is 27.7 Å². The van der Waals surface area contributed by atoms with Gasteiger partial charge in [-0.1, -0.05) is 17.7 Å². The van der Waals surface area contributed by atoms with Gasteiger partial charge in [0.1, 0.15) is 6.04 Å². The second-order valence-electron chi connectivity index (χ2n) is 6.67. The lowest BCUT2D eigenvalue weighted by molar-refractivity contribution is -0.134. The van der Waals surface area contributed by atoms with Crippen molar-refractivity contribution in [1.29, 1.82) is 0 Å². The van der Waals surface area contributed by atoms with Crippen molar-refractivity contribution < 1.29 is 18.4 Å². The van der Waals surface area contributed by atoms with E-state index >= 15 is 0 Å². The molecule has 0 aromatic heterocycles. The standard InChI is InChI=1S/C16H24N2O4S2/c1-10-8-11(2)13(12(3)9-10)24(21,22)18-6-7-23-16(4,5)14(18)15(19)17-20/h8-9,14,20H,6-7H2,1-5H3,(H,17,19). The Morgan fingerprint density at radius 1 is 1.29 bits per heavy atom. The molecule has 1 aliphatic rings. The zero-order chi connectivity index (χ0) is 18.3. The molecule has 1 amide bonds. The van der Waals surface area contributed by atoms with Gasteiger partial charge in [-0.3, -0.25) is 10.0 Å². The van der Waals surface area contributed by atoms with Crippen LogP contribution in [0.15, 0.2) is 17.0 Å². The third-order valence-corrected chi connectivity index (χ3v) is 7.79. The number of hydrogen-bond acceptors (Lipinski definition) is 5. The van der Waals surface area contributed by atoms with Gasteiger partial charge in [0.25, 0.3) is 5.91 Å². The van der Waals surface area contributed by atoms with Gasteiger partial charge >= 0.3 is 0 Å². The maximum Gasteiger partial charge on any atom is 0.263 e. The first-order chi connectivity index (χ1) is 11.0. The fourth-order valence-corrected chi connectivity index (χ4v) is 6.93. The number of sulfonamides is 1. The van der Waals surface area contributed by atoms with Crippen LogP contribution in [0.1, 0.15) is 30.5 Å². The zero-order valence-corrected chi connectivity index (χ0v) is 16.2. The Morgan fingerprint density at radius 2 is 1.83 bits per heavy atom. The third kappa shape index (κ3) is 3.33. The first kappa shape index (κ1) is 19.2. The molecule has 1 atom stereocenters. The molecule has 8 heteroatoms. The van der Waals surface area contributed by atoms with E-state index in [-0.39, 0.29) is 11.4 Å². The summed E-state index contributed by atoms with van der Waals surface area (Å²) in [5.74, 6) is -0.121. The van der Waals surface area contributed by atoms with E-state index in [1.807, 2.05) is 32.9 Å². The van der Waals surface area contributed by atoms with E-state index in [0.29, 0.717) is 16.9 Å². The van der Waals surface area contributed by atoms with Gasteiger partial charge in [0.2, 0.25) is 10.0 Å². The number of carbonyl (C=O) groups is 1. The number of aryl methyl sites for hydroxylation is 3. The minimum Gasteiger partial charge on any atom is -0.289 e. The second-order valence-corrected chi connectivity index (χ2v) is 10.3. The van der Waals surface area contributed by atoms with Crippen LogP contribution in [0.5, 0.6) is 0 Å². The van der Waals surface area contributed by atoms with Crippen LogP contribution < -0.4 is 5.48 Å². The van der Waals surface area contributed by atoms with Crippen molar-refractivity contribution in [3.05, 3.63) is 28.8 Å². The minimum absolute atomic E-state index is 0.223. The number of carbonyl (C=O) groups excluding carboxylic acids is 1. The summed E-state index contributed by atoms with van der Waals surface area (Å²) in [7, 11) is -3.87. The van der Waals surface area contributed by atoms with E-state index < -0.39 is 26.7 Å². The molecular formula is C16H24N2O4S2. The highest BCUT2D eigenvalue weighted by molar-refractivity contribution is 8.01. The van der Waals surface area contributed by atoms with Crippen LogP contribution in [0.25, 0.3) is 0 Å². The van der Waals surface area contributed by atoms with E-state index in [4.69, 9.17) is 5.21 Å². The highest BCUT2D eigenvalue weighted by Gasteiger charge is 2.48. The molecule has 0 spiro atoms. The number of nitrogens with zero attached hydrogens (tertiary/aromatic N) is 1. The van der Waals surface area contributed by atoms with Gasteiger partial charge in [-0.05, 0) is 45.7 Å². The van der Waals surface area contributed by atoms with E-state index in [0.717, 1.165) is 5.56 Å². The second kappa shape index (κ2) is 6.67. The molecule has 24 heavy (non-hydrogen) atoms. The Bertz CT molecular complexity index is 736. The Labute approximate surface area is 147 Å². The molecule has 0 saturated carbocycles. The van der Waals surface area contributed by atoms with E-state index in [2.05, 4.69) is 0 Å². The first-order valence-corrected chi connectivity index (χ1v) is 10.1. The molecule has 1 unspecified atom stereocenters. The predicted molar refractivity (Wildman–Crippen MR) is 94.8 cm³/mol. The number of hydroxylamine groups is 1. The maximum absolute atomic E-state index is 13.3. The molecule has 2 rings (SSSR count). The lowest BCUT2D eigenvalue weighted by atomic mass is 10.0. The van der Waals surface area contributed by atoms with E-state index in [1.54, 1.807) is 19.3 Å². The van der Waals surface area contributed by atoms with Crippen molar-refractivity contribution in [3.8, 4) is 0 Å². The molecule has 2 N–H and O–H groups in total. The van der Waals surface area contributed by atoms with Crippen molar-refractivity contribution in [2.24, 2.45) is 0 Å². The summed E-state index contributed by atoms with van der Waals surface area (Å²) in [6.45, 7) is 9.29. The molecule has 0 aliphatic carbocycles. The van der Waals surface area contributed by atoms with Crippen molar-refractivity contribution in [2.75, 3.05) is 12.3 Å². The SMILES string of the molecule is Cc1cc(C)c(S(=O)(=O)N2CCSC(C)(C)C2C(=O)NO)c(C)c1. The molecule has 1 heterocycles. The molecule has 0 radical (unpaired) electrons. The molecular weight excluding hydrogens is 348 g/mol. The van der Waals surface area contributed by atoms with Crippen molar-refractivity contribution in [2.45, 2.75) is 50.3 Å². The monoisotopic (exact) mass is 372 g/mol. The van der Waals surface area contributed by atoms with Gasteiger partial charge < -0.3 is 0 Å². The quantitative estimate of drug-likeness (QED) is 0.626. The van der Waals surface area contributed by atoms with Gasteiger partial charge in [-0.15, -0.1) is 0 Å². The summed E-state index contributed by atoms with van der Waals surface area (Å²) in [6, 6.07) is 2.67. The van der Waals surface area contributed by atoms with Crippen LogP contribution in [0.2, 0.25) is 0 Å². The number of hydrogen-bond donors (Lipinski definition) is 2. The minimum atomic E-state index is -3.87. The molecule has 1 saturated heterocycles. The average Bonchev–Trinajstić information content (AvgIpc) is 2.43. The molecule has 1 aromatic carbocycles. The molecule has 6 nitrogen and oxygen atoms in total. The summed E-state index contributed by atoms with van der Waals surface area (Å²) in [6.07, 6.45) is 0. The fraction of sp³-hybridized carbons (Fsp3) is 0.562. The summed E-state index contributed by atoms with van der Waals surface area (Å²) < 4.78 is 27.2. The molecule has 134 valence electrons. The maximum atomic E-state index is 13.3. The lowest BCUT2D eigenvalue weighted by Crippen LogP contribution is -2.61. The van der Waals surface area contributed by atoms with Crippen LogP contribution in [-0.2, 0) is 14.8 Å². The predicted octanol–water partition coefficient (Wildman–Crippen LogP) is 2.00. The Kier molecular flexibility index (Phi) is 5.34. The lowest BCUT2D eigenvalue weighted by Gasteiger charge is -2.43. The number of amides is 1. The first-order valence-electron chi connectivity index (χ1n) is 7.70. The van der Waals surface area contributed by atoms with Crippen LogP contribution >= 0.6 is 11.8 Å². The van der Waals surface area contributed by atoms with Crippen molar-refractivity contribution in [3.63, 3.8) is 0 Å². The van der Waals surface area contributed by atoms with Crippen LogP contribution in [0.3, 0.4) is 0 Å². The fourth-order valence-electron chi connectivity index (χ4n) is 3.41. The van der Waals surface area contributed by atoms with Gasteiger partial charge in [0, 0.05) is 17.0 Å². The van der Waals surface area contributed by atoms with Gasteiger partial charge in [-0.25, -0.2) is 13.9 Å². The molecule has 1 fully saturated rings. The van der Waals surface area contributed by atoms with Crippen LogP contribution in [-0.4, -0.2) is 46.9 Å². The Balaban J connectivity index is 2.61.